The van der Waals surface area contributed by atoms with Gasteiger partial charge >= 0.3 is 0 Å². The van der Waals surface area contributed by atoms with Gasteiger partial charge in [0.05, 0.1) is 0 Å². The summed E-state index contributed by atoms with van der Waals surface area (Å²) in [5, 5.41) is 0. The second-order valence-corrected chi connectivity index (χ2v) is 3.60. The summed E-state index contributed by atoms with van der Waals surface area (Å²) in [6.45, 7) is 2.12. The minimum Gasteiger partial charge on any atom is -0.0908 e. The van der Waals surface area contributed by atoms with Crippen LogP contribution in [0, 0.1) is 11.3 Å². The van der Waals surface area contributed by atoms with E-state index in [9.17, 15) is 0 Å². The van der Waals surface area contributed by atoms with Crippen LogP contribution in [0.5, 0.6) is 0 Å². The first kappa shape index (κ1) is 6.21. The van der Waals surface area contributed by atoms with Gasteiger partial charge in [-0.25, -0.2) is 0 Å². The van der Waals surface area contributed by atoms with Gasteiger partial charge < -0.3 is 0 Å². The first-order valence-electron chi connectivity index (χ1n) is 4.18. The highest BCUT2D eigenvalue weighted by molar-refractivity contribution is 5.22. The second kappa shape index (κ2) is 1.98. The summed E-state index contributed by atoms with van der Waals surface area (Å²) in [4.78, 5) is 0. The molecule has 0 aromatic rings. The Morgan fingerprint density at radius 3 is 2.90 bits per heavy atom. The van der Waals surface area contributed by atoms with Gasteiger partial charge in [0.15, 0.2) is 0 Å². The summed E-state index contributed by atoms with van der Waals surface area (Å²) < 4.78 is 0. The van der Waals surface area contributed by atoms with Crippen LogP contribution in [0.3, 0.4) is 0 Å². The Balaban J connectivity index is 2.24. The molecule has 0 N–H and O–H groups in total. The van der Waals surface area contributed by atoms with E-state index in [2.05, 4.69) is 31.2 Å². The topological polar surface area (TPSA) is 0 Å². The highest BCUT2D eigenvalue weighted by atomic mass is 14.4. The average Bonchev–Trinajstić information content (AvgIpc) is 2.46. The van der Waals surface area contributed by atoms with Crippen molar-refractivity contribution in [1.82, 2.24) is 0 Å². The van der Waals surface area contributed by atoms with Crippen LogP contribution >= 0.6 is 0 Å². The van der Waals surface area contributed by atoms with E-state index in [0.29, 0.717) is 5.41 Å². The molecule has 2 unspecified atom stereocenters. The van der Waals surface area contributed by atoms with E-state index in [1.165, 1.54) is 19.3 Å². The summed E-state index contributed by atoms with van der Waals surface area (Å²) in [6.07, 6.45) is 13.6. The lowest BCUT2D eigenvalue weighted by Crippen LogP contribution is -2.05. The third-order valence-corrected chi connectivity index (χ3v) is 2.82. The van der Waals surface area contributed by atoms with Crippen molar-refractivity contribution < 1.29 is 0 Å². The van der Waals surface area contributed by atoms with Crippen LogP contribution in [-0.2, 0) is 0 Å². The molecule has 1 saturated carbocycles. The summed E-state index contributed by atoms with van der Waals surface area (Å²) >= 11 is 0. The minimum absolute atomic E-state index is 0.499. The van der Waals surface area contributed by atoms with Gasteiger partial charge in [-0.15, -0.1) is 0 Å². The van der Waals surface area contributed by atoms with Gasteiger partial charge in [-0.2, -0.15) is 0 Å². The first-order valence-corrected chi connectivity index (χ1v) is 4.18. The van der Waals surface area contributed by atoms with Crippen molar-refractivity contribution in [3.05, 3.63) is 24.3 Å². The van der Waals surface area contributed by atoms with Gasteiger partial charge in [-0.05, 0) is 32.1 Å². The SMILES string of the molecule is C/C=C/C12C=CC(CC1)C2. The molecule has 10 heavy (non-hydrogen) atoms. The van der Waals surface area contributed by atoms with Crippen LogP contribution in [0.25, 0.3) is 0 Å². The molecule has 2 atom stereocenters. The number of hydrogen-bond acceptors (Lipinski definition) is 0. The lowest BCUT2D eigenvalue weighted by Gasteiger charge is -2.17. The molecule has 0 heterocycles. The Labute approximate surface area is 62.6 Å². The van der Waals surface area contributed by atoms with Crippen molar-refractivity contribution in [2.24, 2.45) is 11.3 Å². The van der Waals surface area contributed by atoms with Crippen LogP contribution in [0.1, 0.15) is 26.2 Å². The molecular weight excluding hydrogens is 120 g/mol. The number of hydrogen-bond donors (Lipinski definition) is 0. The monoisotopic (exact) mass is 134 g/mol. The number of allylic oxidation sites excluding steroid dienone is 4. The van der Waals surface area contributed by atoms with Crippen molar-refractivity contribution in [3.8, 4) is 0 Å². The third-order valence-electron chi connectivity index (χ3n) is 2.82. The quantitative estimate of drug-likeness (QED) is 0.484. The van der Waals surface area contributed by atoms with Gasteiger partial charge in [0.1, 0.15) is 0 Å². The fraction of sp³-hybridized carbons (Fsp3) is 0.600. The van der Waals surface area contributed by atoms with E-state index >= 15 is 0 Å². The molecule has 0 aromatic carbocycles. The van der Waals surface area contributed by atoms with Crippen molar-refractivity contribution in [2.45, 2.75) is 26.2 Å². The molecule has 0 aliphatic heterocycles. The van der Waals surface area contributed by atoms with Gasteiger partial charge in [0, 0.05) is 5.41 Å². The minimum atomic E-state index is 0.499. The molecule has 2 aliphatic carbocycles. The van der Waals surface area contributed by atoms with Gasteiger partial charge in [0.25, 0.3) is 0 Å². The smallest absolute Gasteiger partial charge is 0.00667 e. The largest absolute Gasteiger partial charge is 0.0908 e. The summed E-state index contributed by atoms with van der Waals surface area (Å²) in [5.41, 5.74) is 0.499. The third kappa shape index (κ3) is 0.749. The lowest BCUT2D eigenvalue weighted by molar-refractivity contribution is 0.523. The zero-order valence-electron chi connectivity index (χ0n) is 6.51. The second-order valence-electron chi connectivity index (χ2n) is 3.60. The molecule has 0 heteroatoms. The molecule has 54 valence electrons. The van der Waals surface area contributed by atoms with Crippen LogP contribution in [0.4, 0.5) is 0 Å². The first-order chi connectivity index (χ1) is 4.85. The van der Waals surface area contributed by atoms with Gasteiger partial charge in [-0.3, -0.25) is 0 Å². The normalized spacial score (nSPS) is 43.9. The van der Waals surface area contributed by atoms with E-state index in [4.69, 9.17) is 0 Å². The molecular formula is C10H14. The van der Waals surface area contributed by atoms with E-state index in [0.717, 1.165) is 5.92 Å². The summed E-state index contributed by atoms with van der Waals surface area (Å²) in [5.74, 6) is 0.913. The van der Waals surface area contributed by atoms with Crippen LogP contribution < -0.4 is 0 Å². The standard InChI is InChI=1S/C10H14/c1-2-5-10-6-3-9(8-10)4-7-10/h2-3,5-6,9H,4,7-8H2,1H3/b5-2+. The lowest BCUT2D eigenvalue weighted by atomic mass is 9.88. The fourth-order valence-corrected chi connectivity index (χ4v) is 2.33. The maximum Gasteiger partial charge on any atom is 0.00667 e. The van der Waals surface area contributed by atoms with Gasteiger partial charge in [-0.1, -0.05) is 24.3 Å². The Kier molecular flexibility index (Phi) is 1.23. The van der Waals surface area contributed by atoms with E-state index in [-0.39, 0.29) is 0 Å². The molecule has 0 spiro atoms. The van der Waals surface area contributed by atoms with Crippen molar-refractivity contribution in [3.63, 3.8) is 0 Å². The van der Waals surface area contributed by atoms with Crippen molar-refractivity contribution in [2.75, 3.05) is 0 Å². The Hall–Kier alpha value is -0.520. The number of fused-ring (bicyclic) bond motifs is 2. The average molecular weight is 134 g/mol. The predicted molar refractivity (Wildman–Crippen MR) is 43.7 cm³/mol. The van der Waals surface area contributed by atoms with Crippen molar-refractivity contribution >= 4 is 0 Å². The molecule has 2 aliphatic rings. The highest BCUT2D eigenvalue weighted by Crippen LogP contribution is 2.49. The highest BCUT2D eigenvalue weighted by Gasteiger charge is 2.37. The zero-order chi connectivity index (χ0) is 7.03. The molecule has 2 bridgehead atoms. The van der Waals surface area contributed by atoms with Crippen molar-refractivity contribution in [1.29, 1.82) is 0 Å². The molecule has 0 aromatic heterocycles. The Morgan fingerprint density at radius 2 is 2.50 bits per heavy atom. The summed E-state index contributed by atoms with van der Waals surface area (Å²) in [7, 11) is 0. The maximum absolute atomic E-state index is 2.40. The molecule has 2 rings (SSSR count). The van der Waals surface area contributed by atoms with Crippen LogP contribution in [-0.4, -0.2) is 0 Å². The molecule has 0 radical (unpaired) electrons. The van der Waals surface area contributed by atoms with Crippen LogP contribution in [0.15, 0.2) is 24.3 Å². The number of rotatable bonds is 1. The molecule has 0 saturated heterocycles. The fourth-order valence-electron chi connectivity index (χ4n) is 2.33. The van der Waals surface area contributed by atoms with E-state index in [1.54, 1.807) is 0 Å². The van der Waals surface area contributed by atoms with E-state index < -0.39 is 0 Å². The Bertz CT molecular complexity index is 188. The van der Waals surface area contributed by atoms with Gasteiger partial charge in [0.2, 0.25) is 0 Å². The Morgan fingerprint density at radius 1 is 1.60 bits per heavy atom. The molecule has 1 fully saturated rings. The summed E-state index contributed by atoms with van der Waals surface area (Å²) in [6, 6.07) is 0. The van der Waals surface area contributed by atoms with E-state index in [1.807, 2.05) is 0 Å². The van der Waals surface area contributed by atoms with Crippen LogP contribution in [0.2, 0.25) is 0 Å². The maximum atomic E-state index is 2.40. The molecule has 0 nitrogen and oxygen atoms in total. The molecule has 0 amide bonds. The zero-order valence-corrected chi connectivity index (χ0v) is 6.51. The predicted octanol–water partition coefficient (Wildman–Crippen LogP) is 2.92.